The van der Waals surface area contributed by atoms with Gasteiger partial charge in [0.2, 0.25) is 5.91 Å². The van der Waals surface area contributed by atoms with E-state index < -0.39 is 46.6 Å². The molecule has 1 aliphatic carbocycles. The molecule has 0 radical (unpaired) electrons. The second-order valence-electron chi connectivity index (χ2n) is 12.7. The number of benzene rings is 2. The third-order valence-electron chi connectivity index (χ3n) is 8.31. The van der Waals surface area contributed by atoms with Crippen LogP contribution in [-0.4, -0.2) is 34.5 Å². The Labute approximate surface area is 231 Å². The van der Waals surface area contributed by atoms with Gasteiger partial charge < -0.3 is 15.7 Å². The maximum Gasteiger partial charge on any atom is 0.237 e. The number of Topliss-reactive ketones (excluding diaryl/α,β-unsaturated/α-hetero) is 1. The molecule has 2 fully saturated rings. The van der Waals surface area contributed by atoms with Crippen LogP contribution in [0.4, 0.5) is 14.5 Å². The number of ketones is 1. The van der Waals surface area contributed by atoms with Gasteiger partial charge in [-0.3, -0.25) is 9.59 Å². The first-order chi connectivity index (χ1) is 17.6. The summed E-state index contributed by atoms with van der Waals surface area (Å²) >= 11 is 12.3. The number of nitrogens with one attached hydrogen (secondary N) is 2. The Morgan fingerprint density at radius 2 is 1.84 bits per heavy atom. The Bertz CT molecular complexity index is 1320. The van der Waals surface area contributed by atoms with Crippen molar-refractivity contribution >= 4 is 40.6 Å². The van der Waals surface area contributed by atoms with Crippen LogP contribution < -0.4 is 10.6 Å². The summed E-state index contributed by atoms with van der Waals surface area (Å²) in [6.45, 7) is 7.78. The molecule has 1 saturated heterocycles. The van der Waals surface area contributed by atoms with E-state index in [1.807, 2.05) is 20.8 Å². The van der Waals surface area contributed by atoms with E-state index in [2.05, 4.69) is 10.6 Å². The molecule has 0 bridgehead atoms. The summed E-state index contributed by atoms with van der Waals surface area (Å²) in [5, 5.41) is 16.2. The summed E-state index contributed by atoms with van der Waals surface area (Å²) in [7, 11) is 0. The molecule has 5 rings (SSSR count). The first-order valence-electron chi connectivity index (χ1n) is 12.9. The highest BCUT2D eigenvalue weighted by Crippen LogP contribution is 2.58. The molecule has 1 amide bonds. The molecular weight excluding hydrogens is 533 g/mol. The van der Waals surface area contributed by atoms with E-state index in [0.717, 1.165) is 0 Å². The van der Waals surface area contributed by atoms with Gasteiger partial charge in [-0.15, -0.1) is 0 Å². The fourth-order valence-electron chi connectivity index (χ4n) is 6.96. The molecule has 5 nitrogen and oxygen atoms in total. The second-order valence-corrected chi connectivity index (χ2v) is 13.5. The van der Waals surface area contributed by atoms with Gasteiger partial charge in [0.15, 0.2) is 5.78 Å². The van der Waals surface area contributed by atoms with Gasteiger partial charge in [0.05, 0.1) is 21.7 Å². The Kier molecular flexibility index (Phi) is 6.70. The first-order valence-corrected chi connectivity index (χ1v) is 13.7. The van der Waals surface area contributed by atoms with E-state index in [9.17, 15) is 19.1 Å². The van der Waals surface area contributed by atoms with Crippen LogP contribution in [0, 0.1) is 23.0 Å². The minimum atomic E-state index is -1.50. The normalized spacial score (nSPS) is 32.3. The molecule has 9 heteroatoms. The second kappa shape index (κ2) is 9.26. The van der Waals surface area contributed by atoms with Crippen molar-refractivity contribution in [2.75, 3.05) is 5.32 Å². The van der Waals surface area contributed by atoms with Crippen LogP contribution in [0.5, 0.6) is 0 Å². The van der Waals surface area contributed by atoms with Crippen LogP contribution in [0.15, 0.2) is 30.3 Å². The van der Waals surface area contributed by atoms with E-state index >= 15 is 4.39 Å². The summed E-state index contributed by atoms with van der Waals surface area (Å²) in [5.74, 6) is -3.04. The Hall–Kier alpha value is -2.06. The van der Waals surface area contributed by atoms with Gasteiger partial charge in [-0.2, -0.15) is 0 Å². The predicted molar refractivity (Wildman–Crippen MR) is 144 cm³/mol. The SMILES string of the molecule is CC(C)(C)C[C@@H]1N[C@@H](C(=O)CC2CC(C)(O)C2)[C@H](c2cccc(Cl)c2F)[C@]12C(=O)Nc1cc(Cl)c(F)cc12. The molecular formula is C29H32Cl2F2N2O3. The van der Waals surface area contributed by atoms with Crippen LogP contribution in [0.25, 0.3) is 0 Å². The van der Waals surface area contributed by atoms with Crippen LogP contribution in [0.3, 0.4) is 0 Å². The quantitative estimate of drug-likeness (QED) is 0.407. The van der Waals surface area contributed by atoms with Gasteiger partial charge >= 0.3 is 0 Å². The van der Waals surface area contributed by atoms with Gasteiger partial charge in [0.25, 0.3) is 0 Å². The largest absolute Gasteiger partial charge is 0.390 e. The molecule has 2 heterocycles. The number of fused-ring (bicyclic) bond motifs is 2. The van der Waals surface area contributed by atoms with Gasteiger partial charge in [0, 0.05) is 24.1 Å². The lowest BCUT2D eigenvalue weighted by Crippen LogP contribution is -2.49. The first kappa shape index (κ1) is 27.5. The van der Waals surface area contributed by atoms with Crippen molar-refractivity contribution in [3.8, 4) is 0 Å². The molecule has 3 N–H and O–H groups in total. The smallest absolute Gasteiger partial charge is 0.237 e. The number of rotatable bonds is 5. The van der Waals surface area contributed by atoms with E-state index in [1.54, 1.807) is 19.1 Å². The number of carbonyl (C=O) groups excluding carboxylic acids is 2. The maximum atomic E-state index is 15.7. The number of carbonyl (C=O) groups is 2. The van der Waals surface area contributed by atoms with Crippen LogP contribution in [0.1, 0.15) is 70.4 Å². The molecule has 3 aliphatic rings. The summed E-state index contributed by atoms with van der Waals surface area (Å²) in [5.41, 5.74) is -1.77. The number of hydrogen-bond donors (Lipinski definition) is 3. The zero-order valence-electron chi connectivity index (χ0n) is 21.8. The van der Waals surface area contributed by atoms with Crippen molar-refractivity contribution in [3.05, 3.63) is 63.1 Å². The van der Waals surface area contributed by atoms with Gasteiger partial charge in [-0.05, 0) is 66.8 Å². The predicted octanol–water partition coefficient (Wildman–Crippen LogP) is 6.14. The molecule has 0 aromatic heterocycles. The van der Waals surface area contributed by atoms with Gasteiger partial charge in [-0.1, -0.05) is 56.1 Å². The molecule has 204 valence electrons. The third-order valence-corrected chi connectivity index (χ3v) is 8.89. The topological polar surface area (TPSA) is 78.4 Å². The molecule has 1 spiro atoms. The zero-order chi connectivity index (χ0) is 27.8. The molecule has 0 unspecified atom stereocenters. The molecule has 2 aliphatic heterocycles. The minimum Gasteiger partial charge on any atom is -0.390 e. The number of anilines is 1. The molecule has 2 aromatic carbocycles. The lowest BCUT2D eigenvalue weighted by atomic mass is 9.61. The fraction of sp³-hybridized carbons (Fsp3) is 0.517. The fourth-order valence-corrected chi connectivity index (χ4v) is 7.30. The highest BCUT2D eigenvalue weighted by molar-refractivity contribution is 6.31. The van der Waals surface area contributed by atoms with Crippen molar-refractivity contribution in [2.45, 2.75) is 82.4 Å². The molecule has 4 atom stereocenters. The standard InChI is InChI=1S/C29H32Cl2F2N2O3/c1-27(2,3)13-22-29(16-9-19(32)18(31)10-20(16)34-26(29)37)23(15-6-5-7-17(30)24(15)33)25(35-22)21(36)8-14-11-28(4,38)12-14/h5-7,9-10,14,22-23,25,35,38H,8,11-13H2,1-4H3,(H,34,37)/t14?,22-,23-,25-,28?,29+/m0/s1. The monoisotopic (exact) mass is 564 g/mol. The molecule has 38 heavy (non-hydrogen) atoms. The Balaban J connectivity index is 1.71. The van der Waals surface area contributed by atoms with Crippen LogP contribution in [0.2, 0.25) is 10.0 Å². The average Bonchev–Trinajstić information content (AvgIpc) is 3.24. The van der Waals surface area contributed by atoms with E-state index in [1.165, 1.54) is 18.2 Å². The summed E-state index contributed by atoms with van der Waals surface area (Å²) in [6.07, 6.45) is 1.61. The van der Waals surface area contributed by atoms with E-state index in [4.69, 9.17) is 23.2 Å². The maximum absolute atomic E-state index is 15.7. The Morgan fingerprint density at radius 3 is 2.47 bits per heavy atom. The van der Waals surface area contributed by atoms with Crippen molar-refractivity contribution < 1.29 is 23.5 Å². The van der Waals surface area contributed by atoms with Crippen LogP contribution in [-0.2, 0) is 15.0 Å². The average molecular weight is 565 g/mol. The number of aliphatic hydroxyl groups is 1. The highest BCUT2D eigenvalue weighted by Gasteiger charge is 2.66. The van der Waals surface area contributed by atoms with Crippen molar-refractivity contribution in [1.82, 2.24) is 5.32 Å². The van der Waals surface area contributed by atoms with Crippen molar-refractivity contribution in [3.63, 3.8) is 0 Å². The van der Waals surface area contributed by atoms with Gasteiger partial charge in [-0.25, -0.2) is 8.78 Å². The number of amides is 1. The number of hydrogen-bond acceptors (Lipinski definition) is 4. The van der Waals surface area contributed by atoms with Crippen molar-refractivity contribution in [1.29, 1.82) is 0 Å². The highest BCUT2D eigenvalue weighted by atomic mass is 35.5. The van der Waals surface area contributed by atoms with Crippen LogP contribution >= 0.6 is 23.2 Å². The molecule has 2 aromatic rings. The number of halogens is 4. The van der Waals surface area contributed by atoms with Crippen molar-refractivity contribution in [2.24, 2.45) is 11.3 Å². The lowest BCUT2D eigenvalue weighted by Gasteiger charge is -2.41. The Morgan fingerprint density at radius 1 is 1.16 bits per heavy atom. The summed E-state index contributed by atoms with van der Waals surface area (Å²) in [6, 6.07) is 5.59. The zero-order valence-corrected chi connectivity index (χ0v) is 23.3. The van der Waals surface area contributed by atoms with E-state index in [0.29, 0.717) is 30.5 Å². The van der Waals surface area contributed by atoms with Gasteiger partial charge in [0.1, 0.15) is 17.0 Å². The summed E-state index contributed by atoms with van der Waals surface area (Å²) < 4.78 is 30.7. The lowest BCUT2D eigenvalue weighted by molar-refractivity contribution is -0.126. The van der Waals surface area contributed by atoms with E-state index in [-0.39, 0.29) is 39.1 Å². The third kappa shape index (κ3) is 4.45. The molecule has 1 saturated carbocycles. The minimum absolute atomic E-state index is 0.0114. The summed E-state index contributed by atoms with van der Waals surface area (Å²) in [4.78, 5) is 28.0.